The third-order valence-corrected chi connectivity index (χ3v) is 3.22. The van der Waals surface area contributed by atoms with Crippen LogP contribution in [0.1, 0.15) is 28.4 Å². The first-order valence-electron chi connectivity index (χ1n) is 6.29. The Balaban J connectivity index is 1.92. The van der Waals surface area contributed by atoms with Crippen LogP contribution in [0.3, 0.4) is 0 Å². The Labute approximate surface area is 115 Å². The van der Waals surface area contributed by atoms with E-state index in [1.807, 2.05) is 24.3 Å². The molecule has 2 N–H and O–H groups in total. The number of carboxylic acids is 1. The summed E-state index contributed by atoms with van der Waals surface area (Å²) in [6.45, 7) is 0.581. The van der Waals surface area contributed by atoms with Crippen molar-refractivity contribution in [3.63, 3.8) is 0 Å². The van der Waals surface area contributed by atoms with E-state index in [2.05, 4.69) is 15.5 Å². The molecule has 2 heterocycles. The summed E-state index contributed by atoms with van der Waals surface area (Å²) < 4.78 is 5.58. The van der Waals surface area contributed by atoms with E-state index < -0.39 is 5.97 Å². The zero-order chi connectivity index (χ0) is 13.9. The summed E-state index contributed by atoms with van der Waals surface area (Å²) >= 11 is 0. The van der Waals surface area contributed by atoms with Crippen LogP contribution in [0.5, 0.6) is 5.75 Å². The highest BCUT2D eigenvalue weighted by atomic mass is 16.5. The number of carbonyl (C=O) groups is 1. The first-order valence-corrected chi connectivity index (χ1v) is 6.29. The van der Waals surface area contributed by atoms with Gasteiger partial charge in [-0.1, -0.05) is 18.2 Å². The Bertz CT molecular complexity index is 645. The molecule has 3 rings (SSSR count). The van der Waals surface area contributed by atoms with Crippen molar-refractivity contribution in [1.29, 1.82) is 0 Å². The molecule has 1 aromatic carbocycles. The molecule has 0 aliphatic carbocycles. The number of ether oxygens (including phenoxy) is 1. The number of benzene rings is 1. The largest absolute Gasteiger partial charge is 0.493 e. The molecule has 1 aromatic heterocycles. The van der Waals surface area contributed by atoms with Crippen molar-refractivity contribution in [3.8, 4) is 5.75 Å². The van der Waals surface area contributed by atoms with Crippen LogP contribution in [-0.4, -0.2) is 27.9 Å². The number of hydrogen-bond donors (Lipinski definition) is 2. The predicted octanol–water partition coefficient (Wildman–Crippen LogP) is 2.11. The Kier molecular flexibility index (Phi) is 3.20. The minimum Gasteiger partial charge on any atom is -0.493 e. The van der Waals surface area contributed by atoms with Crippen LogP contribution < -0.4 is 10.1 Å². The van der Waals surface area contributed by atoms with Crippen molar-refractivity contribution in [2.75, 3.05) is 11.9 Å². The Hall–Kier alpha value is -2.63. The van der Waals surface area contributed by atoms with Crippen molar-refractivity contribution in [1.82, 2.24) is 10.2 Å². The van der Waals surface area contributed by atoms with Gasteiger partial charge in [0.05, 0.1) is 18.8 Å². The highest BCUT2D eigenvalue weighted by Crippen LogP contribution is 2.34. The van der Waals surface area contributed by atoms with E-state index in [0.29, 0.717) is 6.61 Å². The molecule has 0 saturated heterocycles. The van der Waals surface area contributed by atoms with Gasteiger partial charge in [-0.2, -0.15) is 5.10 Å². The van der Waals surface area contributed by atoms with Gasteiger partial charge in [0.1, 0.15) is 11.3 Å². The van der Waals surface area contributed by atoms with Crippen molar-refractivity contribution in [2.24, 2.45) is 0 Å². The molecule has 0 radical (unpaired) electrons. The minimum absolute atomic E-state index is 0.0326. The van der Waals surface area contributed by atoms with Gasteiger partial charge in [-0.25, -0.2) is 4.79 Å². The van der Waals surface area contributed by atoms with Crippen LogP contribution in [0.2, 0.25) is 0 Å². The van der Waals surface area contributed by atoms with Gasteiger partial charge in [0.15, 0.2) is 5.82 Å². The molecule has 20 heavy (non-hydrogen) atoms. The van der Waals surface area contributed by atoms with Crippen molar-refractivity contribution < 1.29 is 14.6 Å². The number of rotatable bonds is 3. The van der Waals surface area contributed by atoms with E-state index >= 15 is 0 Å². The highest BCUT2D eigenvalue weighted by Gasteiger charge is 2.23. The van der Waals surface area contributed by atoms with Crippen molar-refractivity contribution >= 4 is 11.8 Å². The SMILES string of the molecule is O=C(O)c1ccnnc1NC1CCOc2ccccc21. The van der Waals surface area contributed by atoms with Crippen LogP contribution in [0.25, 0.3) is 0 Å². The maximum absolute atomic E-state index is 11.2. The summed E-state index contributed by atoms with van der Waals surface area (Å²) in [7, 11) is 0. The number of para-hydroxylation sites is 1. The van der Waals surface area contributed by atoms with E-state index in [9.17, 15) is 4.79 Å². The zero-order valence-corrected chi connectivity index (χ0v) is 10.6. The minimum atomic E-state index is -1.03. The second-order valence-corrected chi connectivity index (χ2v) is 4.47. The lowest BCUT2D eigenvalue weighted by molar-refractivity contribution is 0.0697. The third-order valence-electron chi connectivity index (χ3n) is 3.22. The monoisotopic (exact) mass is 271 g/mol. The predicted molar refractivity (Wildman–Crippen MR) is 71.9 cm³/mol. The number of hydrogen-bond acceptors (Lipinski definition) is 5. The van der Waals surface area contributed by atoms with Crippen molar-refractivity contribution in [3.05, 3.63) is 47.7 Å². The van der Waals surface area contributed by atoms with E-state index in [0.717, 1.165) is 17.7 Å². The lowest BCUT2D eigenvalue weighted by Crippen LogP contribution is -2.22. The fraction of sp³-hybridized carbons (Fsp3) is 0.214. The highest BCUT2D eigenvalue weighted by molar-refractivity contribution is 5.92. The second-order valence-electron chi connectivity index (χ2n) is 4.47. The molecule has 6 nitrogen and oxygen atoms in total. The number of aromatic carboxylic acids is 1. The standard InChI is InChI=1S/C14H13N3O3/c18-14(19)10-5-7-15-17-13(10)16-11-6-8-20-12-4-2-1-3-9(11)12/h1-5,7,11H,6,8H2,(H,16,17)(H,18,19). The zero-order valence-electron chi connectivity index (χ0n) is 10.6. The Morgan fingerprint density at radius 2 is 2.20 bits per heavy atom. The summed E-state index contributed by atoms with van der Waals surface area (Å²) in [5.41, 5.74) is 1.12. The average molecular weight is 271 g/mol. The summed E-state index contributed by atoms with van der Waals surface area (Å²) in [4.78, 5) is 11.2. The Morgan fingerprint density at radius 3 is 3.05 bits per heavy atom. The van der Waals surface area contributed by atoms with Gasteiger partial charge >= 0.3 is 5.97 Å². The molecular formula is C14H13N3O3. The number of nitrogens with zero attached hydrogens (tertiary/aromatic N) is 2. The Morgan fingerprint density at radius 1 is 1.35 bits per heavy atom. The van der Waals surface area contributed by atoms with E-state index in [4.69, 9.17) is 9.84 Å². The van der Waals surface area contributed by atoms with Crippen LogP contribution >= 0.6 is 0 Å². The van der Waals surface area contributed by atoms with Gasteiger partial charge in [-0.3, -0.25) is 0 Å². The smallest absolute Gasteiger partial charge is 0.339 e. The van der Waals surface area contributed by atoms with E-state index in [1.54, 1.807) is 0 Å². The maximum Gasteiger partial charge on any atom is 0.339 e. The first kappa shape index (κ1) is 12.4. The summed E-state index contributed by atoms with van der Waals surface area (Å²) in [5, 5.41) is 19.9. The normalized spacial score (nSPS) is 16.9. The number of fused-ring (bicyclic) bond motifs is 1. The molecule has 1 aliphatic heterocycles. The summed E-state index contributed by atoms with van der Waals surface area (Å²) in [5.74, 6) is 0.0708. The number of carboxylic acid groups (broad SMARTS) is 1. The topological polar surface area (TPSA) is 84.3 Å². The molecule has 1 unspecified atom stereocenters. The van der Waals surface area contributed by atoms with Gasteiger partial charge in [-0.15, -0.1) is 5.10 Å². The lowest BCUT2D eigenvalue weighted by Gasteiger charge is -2.27. The number of aromatic nitrogens is 2. The lowest BCUT2D eigenvalue weighted by atomic mass is 10.0. The third kappa shape index (κ3) is 2.27. The van der Waals surface area contributed by atoms with E-state index in [-0.39, 0.29) is 17.4 Å². The van der Waals surface area contributed by atoms with E-state index in [1.165, 1.54) is 12.3 Å². The average Bonchev–Trinajstić information content (AvgIpc) is 2.48. The number of anilines is 1. The first-order chi connectivity index (χ1) is 9.75. The quantitative estimate of drug-likeness (QED) is 0.889. The maximum atomic E-state index is 11.2. The molecule has 0 amide bonds. The summed E-state index contributed by atoms with van der Waals surface area (Å²) in [6.07, 6.45) is 2.11. The van der Waals surface area contributed by atoms with Gasteiger partial charge < -0.3 is 15.2 Å². The molecule has 0 saturated carbocycles. The molecule has 1 aliphatic rings. The fourth-order valence-electron chi connectivity index (χ4n) is 2.27. The molecule has 2 aromatic rings. The molecule has 0 bridgehead atoms. The molecule has 0 fully saturated rings. The van der Waals surface area contributed by atoms with Gasteiger partial charge in [0.25, 0.3) is 0 Å². The fourth-order valence-corrected chi connectivity index (χ4v) is 2.27. The van der Waals surface area contributed by atoms with Crippen LogP contribution in [0.4, 0.5) is 5.82 Å². The van der Waals surface area contributed by atoms with Crippen molar-refractivity contribution in [2.45, 2.75) is 12.5 Å². The molecule has 6 heteroatoms. The van der Waals surface area contributed by atoms with Gasteiger partial charge in [-0.05, 0) is 12.1 Å². The molecule has 1 atom stereocenters. The van der Waals surface area contributed by atoms with Gasteiger partial charge in [0, 0.05) is 12.0 Å². The molecule has 0 spiro atoms. The van der Waals surface area contributed by atoms with Crippen LogP contribution in [0.15, 0.2) is 36.5 Å². The van der Waals surface area contributed by atoms with Crippen LogP contribution in [-0.2, 0) is 0 Å². The summed E-state index contributed by atoms with van der Waals surface area (Å²) in [6, 6.07) is 9.10. The van der Waals surface area contributed by atoms with Gasteiger partial charge in [0.2, 0.25) is 0 Å². The number of nitrogens with one attached hydrogen (secondary N) is 1. The second kappa shape index (κ2) is 5.16. The molecule has 102 valence electrons. The molecular weight excluding hydrogens is 258 g/mol. The van der Waals surface area contributed by atoms with Crippen LogP contribution in [0, 0.1) is 0 Å².